The number of benzene rings is 1. The van der Waals surface area contributed by atoms with E-state index in [-0.39, 0.29) is 11.9 Å². The summed E-state index contributed by atoms with van der Waals surface area (Å²) < 4.78 is 1.02. The Kier molecular flexibility index (Phi) is 3.84. The maximum absolute atomic E-state index is 12.0. The summed E-state index contributed by atoms with van der Waals surface area (Å²) in [6, 6.07) is 5.80. The number of anilines is 1. The second-order valence-electron chi connectivity index (χ2n) is 4.65. The lowest BCUT2D eigenvalue weighted by Crippen LogP contribution is -2.39. The van der Waals surface area contributed by atoms with E-state index >= 15 is 0 Å². The average Bonchev–Trinajstić information content (AvgIpc) is 2.70. The van der Waals surface area contributed by atoms with E-state index in [1.165, 1.54) is 0 Å². The van der Waals surface area contributed by atoms with Gasteiger partial charge < -0.3 is 10.6 Å². The number of hydrogen-bond donors (Lipinski definition) is 2. The zero-order valence-electron chi connectivity index (χ0n) is 10.1. The Balaban J connectivity index is 2.05. The minimum atomic E-state index is -0.0601. The SMILES string of the molecule is Cc1ccc(NC(=O)C2NCCC2C)cc1Br. The molecule has 2 atom stereocenters. The third kappa shape index (κ3) is 2.87. The van der Waals surface area contributed by atoms with Gasteiger partial charge in [-0.15, -0.1) is 0 Å². The van der Waals surface area contributed by atoms with Gasteiger partial charge in [0.15, 0.2) is 0 Å². The first kappa shape index (κ1) is 12.6. The maximum Gasteiger partial charge on any atom is 0.241 e. The maximum atomic E-state index is 12.0. The van der Waals surface area contributed by atoms with E-state index in [0.717, 1.165) is 28.7 Å². The molecule has 0 aliphatic carbocycles. The van der Waals surface area contributed by atoms with Crippen molar-refractivity contribution in [2.45, 2.75) is 26.3 Å². The van der Waals surface area contributed by atoms with Gasteiger partial charge in [0.25, 0.3) is 0 Å². The largest absolute Gasteiger partial charge is 0.325 e. The molecule has 1 aliphatic heterocycles. The molecule has 3 nitrogen and oxygen atoms in total. The average molecular weight is 297 g/mol. The number of nitrogens with one attached hydrogen (secondary N) is 2. The van der Waals surface area contributed by atoms with E-state index in [2.05, 4.69) is 33.5 Å². The predicted octanol–water partition coefficient (Wildman–Crippen LogP) is 2.69. The van der Waals surface area contributed by atoms with Gasteiger partial charge in [0.1, 0.15) is 0 Å². The van der Waals surface area contributed by atoms with Crippen LogP contribution in [0.5, 0.6) is 0 Å². The first-order chi connectivity index (χ1) is 8.08. The van der Waals surface area contributed by atoms with Gasteiger partial charge >= 0.3 is 0 Å². The number of rotatable bonds is 2. The Morgan fingerprint density at radius 3 is 2.88 bits per heavy atom. The molecule has 1 saturated heterocycles. The fourth-order valence-electron chi connectivity index (χ4n) is 2.08. The highest BCUT2D eigenvalue weighted by Gasteiger charge is 2.29. The lowest BCUT2D eigenvalue weighted by atomic mass is 10.0. The highest BCUT2D eigenvalue weighted by Crippen LogP contribution is 2.22. The van der Waals surface area contributed by atoms with Gasteiger partial charge in [-0.3, -0.25) is 4.79 Å². The monoisotopic (exact) mass is 296 g/mol. The number of aryl methyl sites for hydroxylation is 1. The summed E-state index contributed by atoms with van der Waals surface area (Å²) in [5, 5.41) is 6.18. The van der Waals surface area contributed by atoms with Crippen LogP contribution in [0, 0.1) is 12.8 Å². The van der Waals surface area contributed by atoms with Crippen LogP contribution >= 0.6 is 15.9 Å². The number of carbonyl (C=O) groups is 1. The first-order valence-electron chi connectivity index (χ1n) is 5.88. The summed E-state index contributed by atoms with van der Waals surface area (Å²) in [6.45, 7) is 5.06. The molecule has 0 radical (unpaired) electrons. The molecule has 2 rings (SSSR count). The summed E-state index contributed by atoms with van der Waals surface area (Å²) in [5.41, 5.74) is 2.00. The lowest BCUT2D eigenvalue weighted by Gasteiger charge is -2.15. The Morgan fingerprint density at radius 2 is 2.29 bits per heavy atom. The minimum absolute atomic E-state index is 0.0601. The van der Waals surface area contributed by atoms with E-state index < -0.39 is 0 Å². The topological polar surface area (TPSA) is 41.1 Å². The summed E-state index contributed by atoms with van der Waals surface area (Å²) in [4.78, 5) is 12.0. The number of halogens is 1. The molecule has 4 heteroatoms. The molecule has 0 bridgehead atoms. The van der Waals surface area contributed by atoms with Crippen molar-refractivity contribution in [2.75, 3.05) is 11.9 Å². The van der Waals surface area contributed by atoms with Crippen LogP contribution in [0.1, 0.15) is 18.9 Å². The van der Waals surface area contributed by atoms with Crippen molar-refractivity contribution in [3.8, 4) is 0 Å². The van der Waals surface area contributed by atoms with Crippen molar-refractivity contribution in [3.05, 3.63) is 28.2 Å². The van der Waals surface area contributed by atoms with Crippen molar-refractivity contribution in [2.24, 2.45) is 5.92 Å². The highest BCUT2D eigenvalue weighted by molar-refractivity contribution is 9.10. The van der Waals surface area contributed by atoms with Crippen LogP contribution in [0.3, 0.4) is 0 Å². The van der Waals surface area contributed by atoms with Gasteiger partial charge in [0.2, 0.25) is 5.91 Å². The molecule has 0 spiro atoms. The third-order valence-electron chi connectivity index (χ3n) is 3.25. The molecule has 2 N–H and O–H groups in total. The Labute approximate surface area is 110 Å². The highest BCUT2D eigenvalue weighted by atomic mass is 79.9. The fraction of sp³-hybridized carbons (Fsp3) is 0.462. The van der Waals surface area contributed by atoms with Gasteiger partial charge in [0, 0.05) is 10.2 Å². The minimum Gasteiger partial charge on any atom is -0.325 e. The summed E-state index contributed by atoms with van der Waals surface area (Å²) >= 11 is 3.46. The predicted molar refractivity (Wildman–Crippen MR) is 73.1 cm³/mol. The van der Waals surface area contributed by atoms with E-state index in [1.807, 2.05) is 25.1 Å². The molecule has 1 aromatic carbocycles. The third-order valence-corrected chi connectivity index (χ3v) is 4.11. The van der Waals surface area contributed by atoms with Crippen LogP contribution in [-0.2, 0) is 4.79 Å². The van der Waals surface area contributed by atoms with Crippen molar-refractivity contribution in [1.82, 2.24) is 5.32 Å². The van der Waals surface area contributed by atoms with Crippen molar-refractivity contribution in [1.29, 1.82) is 0 Å². The van der Waals surface area contributed by atoms with Crippen LogP contribution in [0.2, 0.25) is 0 Å². The Morgan fingerprint density at radius 1 is 1.53 bits per heavy atom. The van der Waals surface area contributed by atoms with Crippen LogP contribution in [0.4, 0.5) is 5.69 Å². The molecule has 0 aromatic heterocycles. The number of amides is 1. The molecule has 1 amide bonds. The van der Waals surface area contributed by atoms with E-state index in [1.54, 1.807) is 0 Å². The number of hydrogen-bond acceptors (Lipinski definition) is 2. The molecule has 1 fully saturated rings. The van der Waals surface area contributed by atoms with Crippen LogP contribution < -0.4 is 10.6 Å². The van der Waals surface area contributed by atoms with E-state index in [4.69, 9.17) is 0 Å². The molecule has 17 heavy (non-hydrogen) atoms. The van der Waals surface area contributed by atoms with Crippen LogP contribution in [-0.4, -0.2) is 18.5 Å². The zero-order chi connectivity index (χ0) is 12.4. The molecular weight excluding hydrogens is 280 g/mol. The summed E-state index contributed by atoms with van der Waals surface area (Å²) in [7, 11) is 0. The Bertz CT molecular complexity index is 433. The van der Waals surface area contributed by atoms with Gasteiger partial charge in [0.05, 0.1) is 6.04 Å². The molecule has 1 heterocycles. The molecule has 0 saturated carbocycles. The van der Waals surface area contributed by atoms with E-state index in [9.17, 15) is 4.79 Å². The van der Waals surface area contributed by atoms with Gasteiger partial charge in [-0.1, -0.05) is 28.9 Å². The number of carbonyl (C=O) groups excluding carboxylic acids is 1. The normalized spacial score (nSPS) is 23.7. The molecule has 1 aliphatic rings. The van der Waals surface area contributed by atoms with Gasteiger partial charge in [-0.2, -0.15) is 0 Å². The van der Waals surface area contributed by atoms with Crippen LogP contribution in [0.15, 0.2) is 22.7 Å². The van der Waals surface area contributed by atoms with Crippen LogP contribution in [0.25, 0.3) is 0 Å². The first-order valence-corrected chi connectivity index (χ1v) is 6.67. The summed E-state index contributed by atoms with van der Waals surface area (Å²) in [5.74, 6) is 0.467. The molecule has 1 aromatic rings. The molecule has 92 valence electrons. The fourth-order valence-corrected chi connectivity index (χ4v) is 2.45. The van der Waals surface area contributed by atoms with Gasteiger partial charge in [-0.25, -0.2) is 0 Å². The Hall–Kier alpha value is -0.870. The lowest BCUT2D eigenvalue weighted by molar-refractivity contribution is -0.118. The van der Waals surface area contributed by atoms with Crippen molar-refractivity contribution < 1.29 is 4.79 Å². The second-order valence-corrected chi connectivity index (χ2v) is 5.51. The smallest absolute Gasteiger partial charge is 0.241 e. The van der Waals surface area contributed by atoms with Crippen molar-refractivity contribution >= 4 is 27.5 Å². The zero-order valence-corrected chi connectivity index (χ0v) is 11.7. The van der Waals surface area contributed by atoms with E-state index in [0.29, 0.717) is 5.92 Å². The molecule has 2 unspecified atom stereocenters. The standard InChI is InChI=1S/C13H17BrN2O/c1-8-3-4-10(7-11(8)14)16-13(17)12-9(2)5-6-15-12/h3-4,7,9,12,15H,5-6H2,1-2H3,(H,16,17). The van der Waals surface area contributed by atoms with Crippen molar-refractivity contribution in [3.63, 3.8) is 0 Å². The molecular formula is C13H17BrN2O. The second kappa shape index (κ2) is 5.19. The summed E-state index contributed by atoms with van der Waals surface area (Å²) in [6.07, 6.45) is 1.07. The van der Waals surface area contributed by atoms with Gasteiger partial charge in [-0.05, 0) is 43.5 Å². The quantitative estimate of drug-likeness (QED) is 0.881.